The molecule has 0 aromatic rings. The van der Waals surface area contributed by atoms with E-state index in [1.807, 2.05) is 0 Å². The van der Waals surface area contributed by atoms with Crippen LogP contribution in [0.2, 0.25) is 0 Å². The molecular weight excluding hydrogens is 558 g/mol. The van der Waals surface area contributed by atoms with E-state index in [0.29, 0.717) is 5.92 Å². The Labute approximate surface area is 288 Å². The summed E-state index contributed by atoms with van der Waals surface area (Å²) in [7, 11) is 2.21. The van der Waals surface area contributed by atoms with Gasteiger partial charge in [-0.05, 0) is 130 Å². The third kappa shape index (κ3) is 25.3. The molecule has 0 spiro atoms. The third-order valence-electron chi connectivity index (χ3n) is 9.67. The number of rotatable bonds is 30. The van der Waals surface area contributed by atoms with Gasteiger partial charge in [0.15, 0.2) is 0 Å². The molecule has 0 aliphatic heterocycles. The average molecular weight is 636 g/mol. The smallest absolute Gasteiger partial charge is 0.100 e. The zero-order valence-electron chi connectivity index (χ0n) is 31.6. The van der Waals surface area contributed by atoms with E-state index in [0.717, 1.165) is 38.3 Å². The summed E-state index contributed by atoms with van der Waals surface area (Å²) in [6, 6.07) is 0. The van der Waals surface area contributed by atoms with Gasteiger partial charge in [0.1, 0.15) is 6.61 Å². The van der Waals surface area contributed by atoms with Crippen LogP contribution in [0.1, 0.15) is 175 Å². The van der Waals surface area contributed by atoms with Crippen LogP contribution in [0.25, 0.3) is 0 Å². The summed E-state index contributed by atoms with van der Waals surface area (Å²) < 4.78 is 5.96. The van der Waals surface area contributed by atoms with E-state index in [2.05, 4.69) is 83.2 Å². The molecule has 264 valence electrons. The Morgan fingerprint density at radius 3 is 2.11 bits per heavy atom. The molecule has 0 amide bonds. The molecular formula is C44H77NO. The number of allylic oxidation sites excluding steroid dienone is 10. The molecule has 1 rings (SSSR count). The van der Waals surface area contributed by atoms with Crippen LogP contribution in [0.4, 0.5) is 0 Å². The predicted octanol–water partition coefficient (Wildman–Crippen LogP) is 14.0. The molecule has 0 saturated carbocycles. The zero-order valence-corrected chi connectivity index (χ0v) is 31.6. The lowest BCUT2D eigenvalue weighted by Crippen LogP contribution is -2.24. The topological polar surface area (TPSA) is 12.5 Å². The molecule has 0 radical (unpaired) electrons. The van der Waals surface area contributed by atoms with Gasteiger partial charge in [0, 0.05) is 13.0 Å². The van der Waals surface area contributed by atoms with E-state index < -0.39 is 0 Å². The van der Waals surface area contributed by atoms with E-state index in [9.17, 15) is 0 Å². The minimum absolute atomic E-state index is 0.679. The number of likely N-dealkylation sites (N-methyl/N-ethyl adjacent to an activating group) is 1. The van der Waals surface area contributed by atoms with Crippen molar-refractivity contribution in [1.29, 1.82) is 0 Å². The van der Waals surface area contributed by atoms with Crippen molar-refractivity contribution in [2.75, 3.05) is 26.7 Å². The van der Waals surface area contributed by atoms with E-state index in [-0.39, 0.29) is 0 Å². The maximum atomic E-state index is 5.96. The maximum absolute atomic E-state index is 5.96. The summed E-state index contributed by atoms with van der Waals surface area (Å²) >= 11 is 0. The van der Waals surface area contributed by atoms with Gasteiger partial charge >= 0.3 is 0 Å². The molecule has 46 heavy (non-hydrogen) atoms. The van der Waals surface area contributed by atoms with Crippen molar-refractivity contribution in [2.24, 2.45) is 5.92 Å². The summed E-state index contributed by atoms with van der Waals surface area (Å²) in [5.41, 5.74) is 6.09. The average Bonchev–Trinajstić information content (AvgIpc) is 3.03. The second kappa shape index (κ2) is 29.3. The summed E-state index contributed by atoms with van der Waals surface area (Å²) in [5.74, 6) is 1.65. The second-order valence-electron chi connectivity index (χ2n) is 14.5. The predicted molar refractivity (Wildman–Crippen MR) is 207 cm³/mol. The lowest BCUT2D eigenvalue weighted by atomic mass is 9.82. The van der Waals surface area contributed by atoms with Crippen LogP contribution in [0.15, 0.2) is 71.6 Å². The molecule has 1 unspecified atom stereocenters. The number of nitrogens with zero attached hydrogens (tertiary/aromatic N) is 1. The largest absolute Gasteiger partial charge is 0.497 e. The van der Waals surface area contributed by atoms with Crippen LogP contribution >= 0.6 is 0 Å². The summed E-state index contributed by atoms with van der Waals surface area (Å²) in [4.78, 5) is 2.40. The Bertz CT molecular complexity index is 899. The van der Waals surface area contributed by atoms with Gasteiger partial charge < -0.3 is 9.64 Å². The molecule has 0 aromatic heterocycles. The normalized spacial score (nSPS) is 15.4. The summed E-state index contributed by atoms with van der Waals surface area (Å²) in [6.45, 7) is 20.4. The fourth-order valence-corrected chi connectivity index (χ4v) is 6.38. The van der Waals surface area contributed by atoms with Crippen LogP contribution < -0.4 is 0 Å². The first-order valence-corrected chi connectivity index (χ1v) is 19.6. The van der Waals surface area contributed by atoms with E-state index in [1.54, 1.807) is 5.57 Å². The second-order valence-corrected chi connectivity index (χ2v) is 14.5. The molecule has 1 atom stereocenters. The van der Waals surface area contributed by atoms with Crippen molar-refractivity contribution >= 4 is 0 Å². The van der Waals surface area contributed by atoms with Crippen molar-refractivity contribution in [3.63, 3.8) is 0 Å². The lowest BCUT2D eigenvalue weighted by Gasteiger charge is -2.25. The molecule has 0 heterocycles. The fraction of sp³-hybridized carbons (Fsp3) is 0.727. The van der Waals surface area contributed by atoms with Gasteiger partial charge in [-0.25, -0.2) is 0 Å². The molecule has 1 aliphatic carbocycles. The Kier molecular flexibility index (Phi) is 26.9. The molecule has 1 aliphatic rings. The standard InChI is InChI=1S/C44H77NO/c1-8-9-10-11-12-13-14-15-16-17-18-19-20-21-22-30-42(6)46-38-37-45(7)36-25-29-41(5)44-34-32-43(33-35-44)31-24-28-40(4)27-23-26-39(2)3/h15-16,26,28,32,44H,5-6,8-14,17-25,27,29-31,33-38H2,1-4,7H3/b16-15-,40-28+. The van der Waals surface area contributed by atoms with Gasteiger partial charge in [0.2, 0.25) is 0 Å². The molecule has 0 bridgehead atoms. The summed E-state index contributed by atoms with van der Waals surface area (Å²) in [6.07, 6.45) is 41.4. The molecule has 0 saturated heterocycles. The zero-order chi connectivity index (χ0) is 33.7. The maximum Gasteiger partial charge on any atom is 0.100 e. The lowest BCUT2D eigenvalue weighted by molar-refractivity contribution is 0.164. The van der Waals surface area contributed by atoms with Crippen LogP contribution in [-0.2, 0) is 4.74 Å². The van der Waals surface area contributed by atoms with Gasteiger partial charge in [-0.15, -0.1) is 0 Å². The highest BCUT2D eigenvalue weighted by atomic mass is 16.5. The first-order valence-electron chi connectivity index (χ1n) is 19.6. The monoisotopic (exact) mass is 636 g/mol. The number of hydrogen-bond acceptors (Lipinski definition) is 2. The Hall–Kier alpha value is -1.80. The highest BCUT2D eigenvalue weighted by Crippen LogP contribution is 2.32. The Morgan fingerprint density at radius 2 is 1.46 bits per heavy atom. The SMILES string of the molecule is C=C(CCCCCCC/C=C\CCCCCCCC)OCCN(C)CCCC(=C)C1CC=C(CC/C=C(\C)CCC=C(C)C)CC1. The Morgan fingerprint density at radius 1 is 0.783 bits per heavy atom. The van der Waals surface area contributed by atoms with Gasteiger partial charge in [-0.1, -0.05) is 124 Å². The highest BCUT2D eigenvalue weighted by Gasteiger charge is 2.17. The molecule has 2 nitrogen and oxygen atoms in total. The van der Waals surface area contributed by atoms with Crippen molar-refractivity contribution in [3.05, 3.63) is 71.6 Å². The van der Waals surface area contributed by atoms with Crippen LogP contribution in [0.5, 0.6) is 0 Å². The van der Waals surface area contributed by atoms with E-state index in [1.165, 1.54) is 152 Å². The third-order valence-corrected chi connectivity index (χ3v) is 9.67. The fourth-order valence-electron chi connectivity index (χ4n) is 6.38. The van der Waals surface area contributed by atoms with Gasteiger partial charge in [0.25, 0.3) is 0 Å². The molecule has 0 N–H and O–H groups in total. The first kappa shape index (κ1) is 42.2. The van der Waals surface area contributed by atoms with Gasteiger partial charge in [0.05, 0.1) is 5.76 Å². The van der Waals surface area contributed by atoms with Crippen molar-refractivity contribution in [3.8, 4) is 0 Å². The van der Waals surface area contributed by atoms with E-state index in [4.69, 9.17) is 4.74 Å². The quantitative estimate of drug-likeness (QED) is 0.0442. The number of ether oxygens (including phenoxy) is 1. The molecule has 2 heteroatoms. The Balaban J connectivity index is 1.99. The number of hydrogen-bond donors (Lipinski definition) is 0. The minimum Gasteiger partial charge on any atom is -0.497 e. The van der Waals surface area contributed by atoms with Crippen molar-refractivity contribution in [2.45, 2.75) is 175 Å². The van der Waals surface area contributed by atoms with Crippen LogP contribution in [0.3, 0.4) is 0 Å². The summed E-state index contributed by atoms with van der Waals surface area (Å²) in [5, 5.41) is 0. The van der Waals surface area contributed by atoms with Crippen LogP contribution in [-0.4, -0.2) is 31.6 Å². The first-order chi connectivity index (χ1) is 22.3. The van der Waals surface area contributed by atoms with Crippen LogP contribution in [0, 0.1) is 5.92 Å². The minimum atomic E-state index is 0.679. The molecule has 0 fully saturated rings. The van der Waals surface area contributed by atoms with Gasteiger partial charge in [-0.2, -0.15) is 0 Å². The van der Waals surface area contributed by atoms with Crippen molar-refractivity contribution < 1.29 is 4.74 Å². The van der Waals surface area contributed by atoms with Crippen molar-refractivity contribution in [1.82, 2.24) is 4.90 Å². The van der Waals surface area contributed by atoms with Gasteiger partial charge in [-0.3, -0.25) is 0 Å². The highest BCUT2D eigenvalue weighted by molar-refractivity contribution is 5.14. The number of unbranched alkanes of at least 4 members (excludes halogenated alkanes) is 11. The van der Waals surface area contributed by atoms with E-state index >= 15 is 0 Å². The molecule has 0 aromatic carbocycles.